The molecule has 0 rings (SSSR count). The van der Waals surface area contributed by atoms with Gasteiger partial charge < -0.3 is 9.84 Å². The van der Waals surface area contributed by atoms with Crippen LogP contribution in [0.3, 0.4) is 0 Å². The van der Waals surface area contributed by atoms with Crippen LogP contribution in [0.5, 0.6) is 0 Å². The molecule has 64 valence electrons. The van der Waals surface area contributed by atoms with E-state index >= 15 is 0 Å². The van der Waals surface area contributed by atoms with E-state index in [-0.39, 0.29) is 6.61 Å². The molecule has 3 nitrogen and oxygen atoms in total. The number of ether oxygens (including phenoxy) is 1. The molecule has 0 saturated heterocycles. The van der Waals surface area contributed by atoms with Gasteiger partial charge in [-0.05, 0) is 13.3 Å². The summed E-state index contributed by atoms with van der Waals surface area (Å²) in [7, 11) is 0. The Kier molecular flexibility index (Phi) is 4.54. The Morgan fingerprint density at radius 2 is 2.27 bits per heavy atom. The molecule has 0 radical (unpaired) electrons. The molecule has 1 unspecified atom stereocenters. The number of rotatable bonds is 4. The standard InChI is InChI=1S/C8H14O3/c1-4-7(9)5-11-8(10)6(2)3/h7,9H,2,4-5H2,1,3H3. The maximum absolute atomic E-state index is 10.7. The van der Waals surface area contributed by atoms with Crippen LogP contribution in [-0.4, -0.2) is 23.8 Å². The molecule has 0 aromatic carbocycles. The molecule has 0 amide bonds. The second-order valence-electron chi connectivity index (χ2n) is 2.44. The Morgan fingerprint density at radius 3 is 2.64 bits per heavy atom. The quantitative estimate of drug-likeness (QED) is 0.488. The molecule has 11 heavy (non-hydrogen) atoms. The molecule has 0 aromatic heterocycles. The molecular formula is C8H14O3. The highest BCUT2D eigenvalue weighted by molar-refractivity contribution is 5.86. The summed E-state index contributed by atoms with van der Waals surface area (Å²) in [4.78, 5) is 10.7. The van der Waals surface area contributed by atoms with Crippen LogP contribution in [0.15, 0.2) is 12.2 Å². The normalized spacial score (nSPS) is 12.3. The van der Waals surface area contributed by atoms with E-state index in [2.05, 4.69) is 11.3 Å². The van der Waals surface area contributed by atoms with Gasteiger partial charge in [-0.25, -0.2) is 4.79 Å². The summed E-state index contributed by atoms with van der Waals surface area (Å²) in [5.41, 5.74) is 0.355. The van der Waals surface area contributed by atoms with Gasteiger partial charge in [0.1, 0.15) is 6.61 Å². The SMILES string of the molecule is C=C(C)C(=O)OCC(O)CC. The van der Waals surface area contributed by atoms with Gasteiger partial charge in [0.05, 0.1) is 6.10 Å². The lowest BCUT2D eigenvalue weighted by Gasteiger charge is -2.07. The minimum absolute atomic E-state index is 0.0577. The van der Waals surface area contributed by atoms with Crippen LogP contribution in [0.25, 0.3) is 0 Å². The van der Waals surface area contributed by atoms with Gasteiger partial charge in [-0.1, -0.05) is 13.5 Å². The molecule has 0 bridgehead atoms. The lowest BCUT2D eigenvalue weighted by Crippen LogP contribution is -2.17. The van der Waals surface area contributed by atoms with Crippen LogP contribution in [-0.2, 0) is 9.53 Å². The third-order valence-electron chi connectivity index (χ3n) is 1.23. The van der Waals surface area contributed by atoms with E-state index in [0.29, 0.717) is 12.0 Å². The molecule has 0 aromatic rings. The number of hydrogen-bond acceptors (Lipinski definition) is 3. The van der Waals surface area contributed by atoms with Crippen molar-refractivity contribution in [2.75, 3.05) is 6.61 Å². The molecule has 0 aliphatic carbocycles. The monoisotopic (exact) mass is 158 g/mol. The van der Waals surface area contributed by atoms with Crippen molar-refractivity contribution in [3.05, 3.63) is 12.2 Å². The zero-order valence-corrected chi connectivity index (χ0v) is 6.96. The topological polar surface area (TPSA) is 46.5 Å². The highest BCUT2D eigenvalue weighted by Crippen LogP contribution is 1.95. The minimum Gasteiger partial charge on any atom is -0.460 e. The van der Waals surface area contributed by atoms with Crippen molar-refractivity contribution >= 4 is 5.97 Å². The van der Waals surface area contributed by atoms with E-state index in [0.717, 1.165) is 0 Å². The summed E-state index contributed by atoms with van der Waals surface area (Å²) in [6.45, 7) is 6.85. The number of hydrogen-bond donors (Lipinski definition) is 1. The van der Waals surface area contributed by atoms with Gasteiger partial charge in [0.2, 0.25) is 0 Å². The highest BCUT2D eigenvalue weighted by atomic mass is 16.5. The van der Waals surface area contributed by atoms with Crippen molar-refractivity contribution < 1.29 is 14.6 Å². The number of carbonyl (C=O) groups is 1. The third-order valence-corrected chi connectivity index (χ3v) is 1.23. The molecule has 0 aliphatic heterocycles. The lowest BCUT2D eigenvalue weighted by molar-refractivity contribution is -0.141. The molecule has 1 atom stereocenters. The molecule has 0 saturated carbocycles. The van der Waals surface area contributed by atoms with E-state index in [1.54, 1.807) is 6.92 Å². The van der Waals surface area contributed by atoms with E-state index in [1.807, 2.05) is 6.92 Å². The van der Waals surface area contributed by atoms with E-state index in [4.69, 9.17) is 5.11 Å². The van der Waals surface area contributed by atoms with E-state index < -0.39 is 12.1 Å². The summed E-state index contributed by atoms with van der Waals surface area (Å²) in [6.07, 6.45) is 0.0296. The molecular weight excluding hydrogens is 144 g/mol. The fraction of sp³-hybridized carbons (Fsp3) is 0.625. The van der Waals surface area contributed by atoms with Crippen LogP contribution >= 0.6 is 0 Å². The molecule has 3 heteroatoms. The Labute approximate surface area is 66.7 Å². The van der Waals surface area contributed by atoms with Crippen LogP contribution in [0.4, 0.5) is 0 Å². The third kappa shape index (κ3) is 4.56. The van der Waals surface area contributed by atoms with Crippen molar-refractivity contribution in [2.24, 2.45) is 0 Å². The molecule has 0 aliphatic rings. The predicted octanol–water partition coefficient (Wildman–Crippen LogP) is 0.877. The lowest BCUT2D eigenvalue weighted by atomic mass is 10.3. The largest absolute Gasteiger partial charge is 0.460 e. The van der Waals surface area contributed by atoms with Gasteiger partial charge in [0, 0.05) is 5.57 Å². The van der Waals surface area contributed by atoms with Crippen molar-refractivity contribution in [1.82, 2.24) is 0 Å². The molecule has 1 N–H and O–H groups in total. The Hall–Kier alpha value is -0.830. The van der Waals surface area contributed by atoms with Crippen LogP contribution < -0.4 is 0 Å². The first kappa shape index (κ1) is 10.2. The Morgan fingerprint density at radius 1 is 1.73 bits per heavy atom. The summed E-state index contributed by atoms with van der Waals surface area (Å²) in [5.74, 6) is -0.447. The van der Waals surface area contributed by atoms with Gasteiger partial charge in [0.25, 0.3) is 0 Å². The van der Waals surface area contributed by atoms with E-state index in [9.17, 15) is 4.79 Å². The second kappa shape index (κ2) is 4.91. The number of aliphatic hydroxyl groups excluding tert-OH is 1. The van der Waals surface area contributed by atoms with Gasteiger partial charge in [-0.2, -0.15) is 0 Å². The maximum Gasteiger partial charge on any atom is 0.333 e. The average molecular weight is 158 g/mol. The van der Waals surface area contributed by atoms with Crippen LogP contribution in [0.1, 0.15) is 20.3 Å². The first-order valence-corrected chi connectivity index (χ1v) is 3.58. The smallest absolute Gasteiger partial charge is 0.333 e. The summed E-state index contributed by atoms with van der Waals surface area (Å²) >= 11 is 0. The fourth-order valence-corrected chi connectivity index (χ4v) is 0.413. The number of carbonyl (C=O) groups excluding carboxylic acids is 1. The van der Waals surface area contributed by atoms with Gasteiger partial charge in [-0.3, -0.25) is 0 Å². The first-order chi connectivity index (χ1) is 5.07. The maximum atomic E-state index is 10.7. The van der Waals surface area contributed by atoms with Gasteiger partial charge >= 0.3 is 5.97 Å². The minimum atomic E-state index is -0.557. The Balaban J connectivity index is 3.54. The number of esters is 1. The summed E-state index contributed by atoms with van der Waals surface area (Å²) < 4.78 is 4.67. The van der Waals surface area contributed by atoms with Gasteiger partial charge in [0.15, 0.2) is 0 Å². The average Bonchev–Trinajstić information content (AvgIpc) is 1.99. The molecule has 0 heterocycles. The van der Waals surface area contributed by atoms with Crippen LogP contribution in [0.2, 0.25) is 0 Å². The zero-order chi connectivity index (χ0) is 8.85. The first-order valence-electron chi connectivity index (χ1n) is 3.58. The van der Waals surface area contributed by atoms with Crippen molar-refractivity contribution in [2.45, 2.75) is 26.4 Å². The van der Waals surface area contributed by atoms with Crippen molar-refractivity contribution in [1.29, 1.82) is 0 Å². The zero-order valence-electron chi connectivity index (χ0n) is 6.96. The van der Waals surface area contributed by atoms with Crippen molar-refractivity contribution in [3.8, 4) is 0 Å². The highest BCUT2D eigenvalue weighted by Gasteiger charge is 2.06. The van der Waals surface area contributed by atoms with Crippen LogP contribution in [0, 0.1) is 0 Å². The second-order valence-corrected chi connectivity index (χ2v) is 2.44. The summed E-state index contributed by atoms with van der Waals surface area (Å²) in [6, 6.07) is 0. The van der Waals surface area contributed by atoms with E-state index in [1.165, 1.54) is 0 Å². The molecule has 0 spiro atoms. The number of aliphatic hydroxyl groups is 1. The fourth-order valence-electron chi connectivity index (χ4n) is 0.413. The predicted molar refractivity (Wildman–Crippen MR) is 42.1 cm³/mol. The summed E-state index contributed by atoms with van der Waals surface area (Å²) in [5, 5.41) is 8.98. The van der Waals surface area contributed by atoms with Crippen molar-refractivity contribution in [3.63, 3.8) is 0 Å². The van der Waals surface area contributed by atoms with Gasteiger partial charge in [-0.15, -0.1) is 0 Å². The molecule has 0 fully saturated rings. The Bertz CT molecular complexity index is 151.